The van der Waals surface area contributed by atoms with E-state index < -0.39 is 23.6 Å². The van der Waals surface area contributed by atoms with E-state index in [1.54, 1.807) is 6.92 Å². The van der Waals surface area contributed by atoms with E-state index in [2.05, 4.69) is 5.32 Å². The van der Waals surface area contributed by atoms with Gasteiger partial charge in [0.25, 0.3) is 0 Å². The monoisotopic (exact) mass is 256 g/mol. The molecule has 0 fully saturated rings. The molecule has 1 unspecified atom stereocenters. The lowest BCUT2D eigenvalue weighted by atomic mass is 10.0. The van der Waals surface area contributed by atoms with Crippen molar-refractivity contribution in [2.45, 2.75) is 32.0 Å². The van der Waals surface area contributed by atoms with Gasteiger partial charge in [-0.15, -0.1) is 0 Å². The molecular weight excluding hydrogens is 241 g/mol. The van der Waals surface area contributed by atoms with Crippen molar-refractivity contribution < 1.29 is 27.9 Å². The summed E-state index contributed by atoms with van der Waals surface area (Å²) in [5.74, 6) is -2.46. The zero-order chi connectivity index (χ0) is 13.7. The van der Waals surface area contributed by atoms with Gasteiger partial charge in [-0.2, -0.15) is 13.2 Å². The summed E-state index contributed by atoms with van der Waals surface area (Å²) >= 11 is 0. The van der Waals surface area contributed by atoms with Gasteiger partial charge in [0.2, 0.25) is 11.4 Å². The number of aliphatic carboxylic acids is 1. The molecule has 0 aliphatic rings. The van der Waals surface area contributed by atoms with Crippen molar-refractivity contribution in [2.24, 2.45) is 0 Å². The van der Waals surface area contributed by atoms with Crippen molar-refractivity contribution in [3.63, 3.8) is 0 Å². The lowest BCUT2D eigenvalue weighted by molar-refractivity contribution is -0.206. The summed E-state index contributed by atoms with van der Waals surface area (Å²) in [4.78, 5) is 21.6. The van der Waals surface area contributed by atoms with E-state index in [0.29, 0.717) is 13.5 Å². The number of carboxylic acid groups (broad SMARTS) is 1. The number of carboxylic acids is 1. The summed E-state index contributed by atoms with van der Waals surface area (Å²) in [6.45, 7) is 2.19. The second kappa shape index (κ2) is 5.85. The summed E-state index contributed by atoms with van der Waals surface area (Å²) in [5, 5.41) is 12.8. The number of hydrogen-bond donors (Lipinski definition) is 3. The summed E-state index contributed by atoms with van der Waals surface area (Å²) in [7, 11) is 0. The van der Waals surface area contributed by atoms with E-state index in [1.165, 1.54) is 0 Å². The highest BCUT2D eigenvalue weighted by Crippen LogP contribution is 2.30. The number of hydrogen-bond acceptors (Lipinski definition) is 3. The topological polar surface area (TPSA) is 78.4 Å². The maximum absolute atomic E-state index is 12.5. The number of rotatable bonds is 6. The van der Waals surface area contributed by atoms with E-state index in [9.17, 15) is 22.8 Å². The molecule has 1 atom stereocenters. The molecule has 8 heteroatoms. The first kappa shape index (κ1) is 15.7. The van der Waals surface area contributed by atoms with Crippen LogP contribution in [0.3, 0.4) is 0 Å². The van der Waals surface area contributed by atoms with Crippen molar-refractivity contribution in [1.82, 2.24) is 10.6 Å². The molecule has 0 heterocycles. The van der Waals surface area contributed by atoms with Crippen molar-refractivity contribution >= 4 is 11.9 Å². The van der Waals surface area contributed by atoms with Crippen molar-refractivity contribution in [3.8, 4) is 0 Å². The molecule has 100 valence electrons. The highest BCUT2D eigenvalue weighted by molar-refractivity contribution is 5.80. The maximum atomic E-state index is 12.5. The fraction of sp³-hybridized carbons (Fsp3) is 0.778. The van der Waals surface area contributed by atoms with E-state index in [4.69, 9.17) is 5.11 Å². The third kappa shape index (κ3) is 4.22. The van der Waals surface area contributed by atoms with Crippen LogP contribution in [0.5, 0.6) is 0 Å². The first-order chi connectivity index (χ1) is 7.65. The predicted molar refractivity (Wildman–Crippen MR) is 53.4 cm³/mol. The molecule has 0 spiro atoms. The molecule has 0 rings (SSSR count). The highest BCUT2D eigenvalue weighted by Gasteiger charge is 2.56. The summed E-state index contributed by atoms with van der Waals surface area (Å²) < 4.78 is 37.5. The van der Waals surface area contributed by atoms with Gasteiger partial charge in [0.15, 0.2) is 0 Å². The Labute approximate surface area is 96.4 Å². The molecular formula is C9H15F3N2O3. The van der Waals surface area contributed by atoms with E-state index in [-0.39, 0.29) is 13.0 Å². The van der Waals surface area contributed by atoms with E-state index in [0.717, 1.165) is 0 Å². The van der Waals surface area contributed by atoms with Gasteiger partial charge in [-0.25, -0.2) is 4.79 Å². The maximum Gasteiger partial charge on any atom is 0.417 e. The molecule has 5 nitrogen and oxygen atoms in total. The van der Waals surface area contributed by atoms with Crippen LogP contribution in [0.1, 0.15) is 20.3 Å². The molecule has 17 heavy (non-hydrogen) atoms. The average molecular weight is 256 g/mol. The van der Waals surface area contributed by atoms with Crippen molar-refractivity contribution in [3.05, 3.63) is 0 Å². The molecule has 0 saturated carbocycles. The van der Waals surface area contributed by atoms with Gasteiger partial charge in [0.05, 0.1) is 0 Å². The van der Waals surface area contributed by atoms with Gasteiger partial charge in [0, 0.05) is 19.5 Å². The fourth-order valence-corrected chi connectivity index (χ4v) is 1.01. The van der Waals surface area contributed by atoms with Crippen LogP contribution in [-0.4, -0.2) is 41.8 Å². The fourth-order valence-electron chi connectivity index (χ4n) is 1.01. The molecule has 0 bridgehead atoms. The second-order valence-electron chi connectivity index (χ2n) is 3.56. The number of alkyl halides is 3. The van der Waals surface area contributed by atoms with E-state index in [1.807, 2.05) is 5.32 Å². The lowest BCUT2D eigenvalue weighted by Gasteiger charge is -2.28. The largest absolute Gasteiger partial charge is 0.480 e. The smallest absolute Gasteiger partial charge is 0.417 e. The second-order valence-corrected chi connectivity index (χ2v) is 3.56. The Morgan fingerprint density at radius 2 is 1.82 bits per heavy atom. The van der Waals surface area contributed by atoms with Crippen LogP contribution in [0.4, 0.5) is 13.2 Å². The van der Waals surface area contributed by atoms with Gasteiger partial charge < -0.3 is 10.4 Å². The van der Waals surface area contributed by atoms with Crippen LogP contribution in [0.25, 0.3) is 0 Å². The molecule has 0 aromatic carbocycles. The quantitative estimate of drug-likeness (QED) is 0.647. The zero-order valence-electron chi connectivity index (χ0n) is 9.52. The van der Waals surface area contributed by atoms with Gasteiger partial charge in [-0.3, -0.25) is 10.1 Å². The van der Waals surface area contributed by atoms with Crippen LogP contribution < -0.4 is 10.6 Å². The van der Waals surface area contributed by atoms with Crippen LogP contribution >= 0.6 is 0 Å². The van der Waals surface area contributed by atoms with E-state index >= 15 is 0 Å². The Kier molecular flexibility index (Phi) is 5.40. The van der Waals surface area contributed by atoms with Crippen LogP contribution in [0.15, 0.2) is 0 Å². The molecule has 0 aromatic heterocycles. The van der Waals surface area contributed by atoms with Gasteiger partial charge >= 0.3 is 12.1 Å². The number of nitrogens with one attached hydrogen (secondary N) is 2. The predicted octanol–water partition coefficient (Wildman–Crippen LogP) is 0.508. The molecule has 3 N–H and O–H groups in total. The Balaban J connectivity index is 4.41. The standard InChI is InChI=1S/C9H15F3N2O3/c1-3-13-6(15)4-5-14-8(2,7(16)17)9(10,11)12/h14H,3-5H2,1-2H3,(H,13,15)(H,16,17). The minimum atomic E-state index is -4.93. The Bertz CT molecular complexity index is 294. The third-order valence-corrected chi connectivity index (χ3v) is 2.20. The molecule has 0 aliphatic carbocycles. The third-order valence-electron chi connectivity index (χ3n) is 2.20. The van der Waals surface area contributed by atoms with Crippen molar-refractivity contribution in [1.29, 1.82) is 0 Å². The molecule has 0 aromatic rings. The minimum absolute atomic E-state index is 0.215. The molecule has 1 amide bonds. The summed E-state index contributed by atoms with van der Waals surface area (Å²) in [6, 6.07) is 0. The molecule has 0 radical (unpaired) electrons. The van der Waals surface area contributed by atoms with Crippen LogP contribution in [0.2, 0.25) is 0 Å². The van der Waals surface area contributed by atoms with Gasteiger partial charge in [0.1, 0.15) is 0 Å². The van der Waals surface area contributed by atoms with Crippen LogP contribution in [-0.2, 0) is 9.59 Å². The first-order valence-corrected chi connectivity index (χ1v) is 4.97. The average Bonchev–Trinajstić information content (AvgIpc) is 2.15. The Morgan fingerprint density at radius 1 is 1.29 bits per heavy atom. The summed E-state index contributed by atoms with van der Waals surface area (Å²) in [6.07, 6.45) is -5.15. The normalized spacial score (nSPS) is 15.1. The summed E-state index contributed by atoms with van der Waals surface area (Å²) in [5.41, 5.74) is -3.04. The SMILES string of the molecule is CCNC(=O)CCNC(C)(C(=O)O)C(F)(F)F. The number of carbonyl (C=O) groups excluding carboxylic acids is 1. The Morgan fingerprint density at radius 3 is 2.18 bits per heavy atom. The molecule has 0 aliphatic heterocycles. The number of carbonyl (C=O) groups is 2. The van der Waals surface area contributed by atoms with Crippen LogP contribution in [0, 0.1) is 0 Å². The van der Waals surface area contributed by atoms with Gasteiger partial charge in [-0.1, -0.05) is 0 Å². The van der Waals surface area contributed by atoms with Crippen molar-refractivity contribution in [2.75, 3.05) is 13.1 Å². The first-order valence-electron chi connectivity index (χ1n) is 4.97. The zero-order valence-corrected chi connectivity index (χ0v) is 9.52. The Hall–Kier alpha value is -1.31. The minimum Gasteiger partial charge on any atom is -0.480 e. The highest BCUT2D eigenvalue weighted by atomic mass is 19.4. The lowest BCUT2D eigenvalue weighted by Crippen LogP contribution is -2.60. The number of amides is 1. The molecule has 0 saturated heterocycles. The number of halogens is 3. The van der Waals surface area contributed by atoms with Gasteiger partial charge in [-0.05, 0) is 13.8 Å².